The van der Waals surface area contributed by atoms with E-state index in [9.17, 15) is 24.3 Å². The first-order chi connectivity index (χ1) is 22.2. The van der Waals surface area contributed by atoms with E-state index in [1.165, 1.54) is 6.08 Å². The monoisotopic (exact) mass is 642 g/mol. The van der Waals surface area contributed by atoms with Crippen LogP contribution in [-0.4, -0.2) is 72.2 Å². The standard InChI is InChI=1S/C36H50O10/c1-4-6-10-18-28-19-14-8-7-13-17-27(37)21-23-30(38)42-24-29-32(40)33(45-31(39)22-20-26-15-11-9-12-16-26)34(36(43-28)44-29)46-35(41)25(3)5-2/h5,9,11-12,15-16,20,22,28-29,32-34,36,40H,4,6-8,10,13-14,17-19,21,23-24H2,1-3H3/b22-20+,25-5+/t28-,29+,32+,33-,34+,36+/m0/s1. The van der Waals surface area contributed by atoms with Crippen LogP contribution in [0.5, 0.6) is 0 Å². The van der Waals surface area contributed by atoms with Gasteiger partial charge in [-0.05, 0) is 44.7 Å². The number of cyclic esters (lactones) is 1. The lowest BCUT2D eigenvalue weighted by molar-refractivity contribution is -0.315. The summed E-state index contributed by atoms with van der Waals surface area (Å²) in [6.07, 6.45) is 5.68. The lowest BCUT2D eigenvalue weighted by atomic mass is 9.97. The number of aliphatic hydroxyl groups excluding tert-OH is 1. The minimum absolute atomic E-state index is 0.00710. The van der Waals surface area contributed by atoms with Crippen molar-refractivity contribution in [2.75, 3.05) is 6.61 Å². The van der Waals surface area contributed by atoms with Crippen LogP contribution in [0.1, 0.15) is 103 Å². The maximum atomic E-state index is 13.1. The quantitative estimate of drug-likeness (QED) is 0.153. The highest BCUT2D eigenvalue weighted by atomic mass is 16.7. The Morgan fingerprint density at radius 3 is 2.46 bits per heavy atom. The summed E-state index contributed by atoms with van der Waals surface area (Å²) in [6.45, 7) is 5.03. The molecule has 10 heteroatoms. The Morgan fingerprint density at radius 2 is 1.72 bits per heavy atom. The third-order valence-corrected chi connectivity index (χ3v) is 8.28. The number of hydrogen-bond acceptors (Lipinski definition) is 10. The summed E-state index contributed by atoms with van der Waals surface area (Å²) >= 11 is 0. The maximum Gasteiger partial charge on any atom is 0.333 e. The summed E-state index contributed by atoms with van der Waals surface area (Å²) in [5.74, 6) is -2.05. The average Bonchev–Trinajstić information content (AvgIpc) is 3.06. The molecule has 1 aromatic rings. The first-order valence-electron chi connectivity index (χ1n) is 16.7. The van der Waals surface area contributed by atoms with Crippen LogP contribution in [0.3, 0.4) is 0 Å². The van der Waals surface area contributed by atoms with Crippen LogP contribution in [0.4, 0.5) is 0 Å². The van der Waals surface area contributed by atoms with Crippen LogP contribution < -0.4 is 0 Å². The van der Waals surface area contributed by atoms with Crippen molar-refractivity contribution in [1.82, 2.24) is 0 Å². The second-order valence-electron chi connectivity index (χ2n) is 11.9. The lowest BCUT2D eigenvalue weighted by Gasteiger charge is -2.44. The van der Waals surface area contributed by atoms with E-state index in [2.05, 4.69) is 6.92 Å². The summed E-state index contributed by atoms with van der Waals surface area (Å²) in [6, 6.07) is 9.15. The molecule has 3 rings (SSSR count). The molecular weight excluding hydrogens is 592 g/mol. The fraction of sp³-hybridized carbons (Fsp3) is 0.611. The third-order valence-electron chi connectivity index (χ3n) is 8.28. The Labute approximate surface area is 272 Å². The summed E-state index contributed by atoms with van der Waals surface area (Å²) in [4.78, 5) is 50.9. The normalized spacial score (nSPS) is 27.4. The van der Waals surface area contributed by atoms with Crippen molar-refractivity contribution in [2.45, 2.75) is 135 Å². The van der Waals surface area contributed by atoms with Gasteiger partial charge in [-0.1, -0.05) is 81.9 Å². The zero-order valence-corrected chi connectivity index (χ0v) is 27.4. The number of Topliss-reactive ketones (excluding diaryl/α,β-unsaturated/α-hetero) is 1. The van der Waals surface area contributed by atoms with Crippen molar-refractivity contribution in [3.63, 3.8) is 0 Å². The van der Waals surface area contributed by atoms with Gasteiger partial charge in [0.05, 0.1) is 12.5 Å². The van der Waals surface area contributed by atoms with E-state index >= 15 is 0 Å². The zero-order valence-electron chi connectivity index (χ0n) is 27.4. The molecule has 2 aliphatic heterocycles. The van der Waals surface area contributed by atoms with Crippen molar-refractivity contribution in [2.24, 2.45) is 0 Å². The molecule has 0 radical (unpaired) electrons. The van der Waals surface area contributed by atoms with Gasteiger partial charge in [-0.25, -0.2) is 9.59 Å². The number of esters is 3. The number of benzene rings is 1. The average molecular weight is 643 g/mol. The van der Waals surface area contributed by atoms with Gasteiger partial charge in [0.2, 0.25) is 0 Å². The van der Waals surface area contributed by atoms with Crippen LogP contribution in [0.2, 0.25) is 0 Å². The molecule has 0 unspecified atom stereocenters. The number of fused-ring (bicyclic) bond motifs is 2. The molecule has 2 heterocycles. The van der Waals surface area contributed by atoms with Crippen molar-refractivity contribution in [3.05, 3.63) is 53.6 Å². The van der Waals surface area contributed by atoms with Gasteiger partial charge in [0.25, 0.3) is 0 Å². The van der Waals surface area contributed by atoms with Gasteiger partial charge < -0.3 is 28.8 Å². The molecule has 10 nitrogen and oxygen atoms in total. The Morgan fingerprint density at radius 1 is 0.957 bits per heavy atom. The number of rotatable bonds is 9. The molecule has 1 aromatic carbocycles. The van der Waals surface area contributed by atoms with Crippen LogP contribution in [-0.2, 0) is 42.9 Å². The minimum atomic E-state index is -1.53. The minimum Gasteiger partial charge on any atom is -0.463 e. The largest absolute Gasteiger partial charge is 0.463 e. The highest BCUT2D eigenvalue weighted by molar-refractivity contribution is 5.88. The van der Waals surface area contributed by atoms with Crippen molar-refractivity contribution < 1.29 is 48.0 Å². The van der Waals surface area contributed by atoms with Gasteiger partial charge in [-0.3, -0.25) is 9.59 Å². The van der Waals surface area contributed by atoms with E-state index in [0.717, 1.165) is 56.9 Å². The topological polar surface area (TPSA) is 135 Å². The van der Waals surface area contributed by atoms with Gasteiger partial charge >= 0.3 is 17.9 Å². The zero-order chi connectivity index (χ0) is 33.3. The molecule has 46 heavy (non-hydrogen) atoms. The molecule has 2 fully saturated rings. The summed E-state index contributed by atoms with van der Waals surface area (Å²) < 4.78 is 29.7. The van der Waals surface area contributed by atoms with Gasteiger partial charge in [0.1, 0.15) is 24.6 Å². The molecule has 0 spiro atoms. The molecule has 2 aliphatic rings. The van der Waals surface area contributed by atoms with E-state index in [1.807, 2.05) is 30.3 Å². The molecule has 6 atom stereocenters. The lowest BCUT2D eigenvalue weighted by Crippen LogP contribution is -2.62. The predicted octanol–water partition coefficient (Wildman–Crippen LogP) is 5.79. The van der Waals surface area contributed by atoms with E-state index in [-0.39, 0.29) is 31.3 Å². The van der Waals surface area contributed by atoms with Crippen molar-refractivity contribution in [1.29, 1.82) is 0 Å². The highest BCUT2D eigenvalue weighted by Gasteiger charge is 2.51. The second kappa shape index (κ2) is 20.0. The summed E-state index contributed by atoms with van der Waals surface area (Å²) in [5.41, 5.74) is 1.08. The van der Waals surface area contributed by atoms with E-state index < -0.39 is 48.6 Å². The molecule has 2 bridgehead atoms. The fourth-order valence-corrected chi connectivity index (χ4v) is 5.39. The number of allylic oxidation sites excluding steroid dienone is 1. The Hall–Kier alpha value is -3.34. The fourth-order valence-electron chi connectivity index (χ4n) is 5.39. The van der Waals surface area contributed by atoms with Crippen LogP contribution in [0.25, 0.3) is 6.08 Å². The van der Waals surface area contributed by atoms with Crippen LogP contribution in [0.15, 0.2) is 48.1 Å². The number of carbonyl (C=O) groups is 4. The van der Waals surface area contributed by atoms with Gasteiger partial charge in [0.15, 0.2) is 18.5 Å². The molecule has 0 amide bonds. The van der Waals surface area contributed by atoms with Gasteiger partial charge in [0, 0.05) is 24.5 Å². The Kier molecular flexibility index (Phi) is 16.2. The van der Waals surface area contributed by atoms with Gasteiger partial charge in [-0.15, -0.1) is 0 Å². The molecule has 0 saturated carbocycles. The van der Waals surface area contributed by atoms with E-state index in [1.54, 1.807) is 26.0 Å². The van der Waals surface area contributed by atoms with E-state index in [0.29, 0.717) is 18.4 Å². The number of ketones is 1. The molecule has 0 aromatic heterocycles. The van der Waals surface area contributed by atoms with Crippen LogP contribution in [0, 0.1) is 0 Å². The third kappa shape index (κ3) is 12.5. The highest BCUT2D eigenvalue weighted by Crippen LogP contribution is 2.31. The summed E-state index contributed by atoms with van der Waals surface area (Å²) in [7, 11) is 0. The van der Waals surface area contributed by atoms with E-state index in [4.69, 9.17) is 23.7 Å². The predicted molar refractivity (Wildman–Crippen MR) is 171 cm³/mol. The summed E-state index contributed by atoms with van der Waals surface area (Å²) in [5, 5.41) is 11.5. The maximum absolute atomic E-state index is 13.1. The molecular formula is C36H50O10. The first kappa shape index (κ1) is 37.1. The molecule has 2 saturated heterocycles. The number of hydrogen-bond donors (Lipinski definition) is 1. The molecule has 254 valence electrons. The van der Waals surface area contributed by atoms with Crippen LogP contribution >= 0.6 is 0 Å². The van der Waals surface area contributed by atoms with Crippen molar-refractivity contribution >= 4 is 29.8 Å². The number of ether oxygens (including phenoxy) is 5. The first-order valence-corrected chi connectivity index (χ1v) is 16.7. The Bertz CT molecular complexity index is 1180. The smallest absolute Gasteiger partial charge is 0.333 e. The second-order valence-corrected chi connectivity index (χ2v) is 11.9. The van der Waals surface area contributed by atoms with Gasteiger partial charge in [-0.2, -0.15) is 0 Å². The number of unbranched alkanes of at least 4 members (excludes halogenated alkanes) is 2. The van der Waals surface area contributed by atoms with Crippen molar-refractivity contribution in [3.8, 4) is 0 Å². The Balaban J connectivity index is 1.94. The number of aliphatic hydroxyl groups is 1. The SMILES string of the molecule is C/C=C(\C)C(=O)O[C@H]1[C@@H]2O[C@@H](CCCCC)CCCCCCC(=O)CCC(=O)OC[C@@H](O2)[C@@H](O)[C@@H]1OC(=O)/C=C/c1ccccc1. The molecule has 0 aliphatic carbocycles. The molecule has 1 N–H and O–H groups in total. The number of carbonyl (C=O) groups excluding carboxylic acids is 4.